The lowest BCUT2D eigenvalue weighted by atomic mass is 10.2. The van der Waals surface area contributed by atoms with Crippen LogP contribution in [0.4, 0.5) is 11.6 Å². The largest absolute Gasteiger partial charge is 0.367 e. The fraction of sp³-hybridized carbons (Fsp3) is 0.400. The van der Waals surface area contributed by atoms with Crippen LogP contribution in [0.25, 0.3) is 0 Å². The van der Waals surface area contributed by atoms with Gasteiger partial charge in [-0.2, -0.15) is 0 Å². The van der Waals surface area contributed by atoms with E-state index in [2.05, 4.69) is 30.8 Å². The van der Waals surface area contributed by atoms with Crippen molar-refractivity contribution in [3.8, 4) is 0 Å². The fourth-order valence-corrected chi connectivity index (χ4v) is 2.47. The first-order valence-corrected chi connectivity index (χ1v) is 7.22. The summed E-state index contributed by atoms with van der Waals surface area (Å²) in [4.78, 5) is 17.6. The third-order valence-corrected chi connectivity index (χ3v) is 3.72. The molecule has 110 valence electrons. The Balaban J connectivity index is 1.63. The van der Waals surface area contributed by atoms with Gasteiger partial charge < -0.3 is 15.5 Å². The molecule has 0 bridgehead atoms. The van der Waals surface area contributed by atoms with E-state index >= 15 is 0 Å². The molecule has 1 fully saturated rings. The van der Waals surface area contributed by atoms with Gasteiger partial charge in [-0.3, -0.25) is 4.98 Å². The van der Waals surface area contributed by atoms with Crippen LogP contribution in [-0.4, -0.2) is 41.1 Å². The maximum atomic E-state index is 5.83. The molecule has 0 aromatic carbocycles. The standard InChI is InChI=1S/C15H20N6/c1-12(16)14-4-3-13(11-19-14)20-7-9-21(10-8-20)15-17-5-2-6-18-15/h2-6,11-12H,7-10,16H2,1H3/t12-/m0/s1. The van der Waals surface area contributed by atoms with Crippen LogP contribution in [0, 0.1) is 0 Å². The molecule has 1 saturated heterocycles. The Hall–Kier alpha value is -2.21. The van der Waals surface area contributed by atoms with E-state index in [-0.39, 0.29) is 6.04 Å². The molecule has 6 nitrogen and oxygen atoms in total. The first-order chi connectivity index (χ1) is 10.2. The zero-order chi connectivity index (χ0) is 14.7. The summed E-state index contributed by atoms with van der Waals surface area (Å²) in [5.74, 6) is 0.808. The van der Waals surface area contributed by atoms with E-state index in [1.165, 1.54) is 0 Å². The zero-order valence-electron chi connectivity index (χ0n) is 12.2. The van der Waals surface area contributed by atoms with Gasteiger partial charge in [0.25, 0.3) is 0 Å². The van der Waals surface area contributed by atoms with Crippen molar-refractivity contribution in [1.29, 1.82) is 0 Å². The lowest BCUT2D eigenvalue weighted by Gasteiger charge is -2.35. The smallest absolute Gasteiger partial charge is 0.225 e. The molecule has 3 heterocycles. The predicted molar refractivity (Wildman–Crippen MR) is 83.3 cm³/mol. The van der Waals surface area contributed by atoms with Crippen molar-refractivity contribution in [1.82, 2.24) is 15.0 Å². The highest BCUT2D eigenvalue weighted by Gasteiger charge is 2.19. The highest BCUT2D eigenvalue weighted by atomic mass is 15.3. The van der Waals surface area contributed by atoms with Gasteiger partial charge in [-0.1, -0.05) is 0 Å². The van der Waals surface area contributed by atoms with Crippen LogP contribution < -0.4 is 15.5 Å². The van der Waals surface area contributed by atoms with E-state index in [1.54, 1.807) is 12.4 Å². The average molecular weight is 284 g/mol. The summed E-state index contributed by atoms with van der Waals surface area (Å²) in [6, 6.07) is 5.92. The zero-order valence-corrected chi connectivity index (χ0v) is 12.2. The van der Waals surface area contributed by atoms with E-state index in [0.717, 1.165) is 43.5 Å². The number of hydrogen-bond donors (Lipinski definition) is 1. The van der Waals surface area contributed by atoms with Crippen LogP contribution in [0.5, 0.6) is 0 Å². The van der Waals surface area contributed by atoms with E-state index in [0.29, 0.717) is 0 Å². The molecule has 1 aliphatic heterocycles. The number of pyridine rings is 1. The van der Waals surface area contributed by atoms with Gasteiger partial charge in [0.2, 0.25) is 5.95 Å². The Morgan fingerprint density at radius 2 is 1.67 bits per heavy atom. The molecule has 0 amide bonds. The molecule has 2 aromatic rings. The first kappa shape index (κ1) is 13.8. The van der Waals surface area contributed by atoms with E-state index < -0.39 is 0 Å². The molecular formula is C15H20N6. The summed E-state index contributed by atoms with van der Waals surface area (Å²) in [6.45, 7) is 5.66. The van der Waals surface area contributed by atoms with E-state index in [9.17, 15) is 0 Å². The van der Waals surface area contributed by atoms with Gasteiger partial charge in [0, 0.05) is 44.6 Å². The predicted octanol–water partition coefficient (Wildman–Crippen LogP) is 1.22. The third-order valence-electron chi connectivity index (χ3n) is 3.72. The van der Waals surface area contributed by atoms with Crippen molar-refractivity contribution in [3.63, 3.8) is 0 Å². The second kappa shape index (κ2) is 6.05. The number of piperazine rings is 1. The van der Waals surface area contributed by atoms with E-state index in [4.69, 9.17) is 5.73 Å². The minimum Gasteiger partial charge on any atom is -0.367 e. The molecule has 0 saturated carbocycles. The topological polar surface area (TPSA) is 71.2 Å². The summed E-state index contributed by atoms with van der Waals surface area (Å²) in [6.07, 6.45) is 5.48. The lowest BCUT2D eigenvalue weighted by Crippen LogP contribution is -2.47. The highest BCUT2D eigenvalue weighted by Crippen LogP contribution is 2.18. The average Bonchev–Trinajstić information content (AvgIpc) is 2.56. The van der Waals surface area contributed by atoms with Crippen molar-refractivity contribution >= 4 is 11.6 Å². The number of rotatable bonds is 3. The molecule has 0 aliphatic carbocycles. The summed E-state index contributed by atoms with van der Waals surface area (Å²) >= 11 is 0. The molecule has 1 aliphatic rings. The molecule has 0 spiro atoms. The Morgan fingerprint density at radius 3 is 2.24 bits per heavy atom. The van der Waals surface area contributed by atoms with Gasteiger partial charge >= 0.3 is 0 Å². The molecule has 0 unspecified atom stereocenters. The maximum absolute atomic E-state index is 5.83. The molecular weight excluding hydrogens is 264 g/mol. The van der Waals surface area contributed by atoms with Crippen LogP contribution >= 0.6 is 0 Å². The summed E-state index contributed by atoms with van der Waals surface area (Å²) in [5, 5.41) is 0. The monoisotopic (exact) mass is 284 g/mol. The number of aromatic nitrogens is 3. The van der Waals surface area contributed by atoms with Crippen LogP contribution in [0.1, 0.15) is 18.7 Å². The Morgan fingerprint density at radius 1 is 1.00 bits per heavy atom. The molecule has 1 atom stereocenters. The van der Waals surface area contributed by atoms with Gasteiger partial charge in [-0.15, -0.1) is 0 Å². The number of hydrogen-bond acceptors (Lipinski definition) is 6. The fourth-order valence-electron chi connectivity index (χ4n) is 2.47. The van der Waals surface area contributed by atoms with Gasteiger partial charge in [-0.25, -0.2) is 9.97 Å². The molecule has 21 heavy (non-hydrogen) atoms. The van der Waals surface area contributed by atoms with Gasteiger partial charge in [0.15, 0.2) is 0 Å². The van der Waals surface area contributed by atoms with Crippen molar-refractivity contribution in [2.45, 2.75) is 13.0 Å². The van der Waals surface area contributed by atoms with Gasteiger partial charge in [0.1, 0.15) is 0 Å². The molecule has 2 aromatic heterocycles. The third kappa shape index (κ3) is 3.11. The normalized spacial score (nSPS) is 16.9. The van der Waals surface area contributed by atoms with Crippen LogP contribution in [0.3, 0.4) is 0 Å². The van der Waals surface area contributed by atoms with Crippen molar-refractivity contribution in [2.75, 3.05) is 36.0 Å². The van der Waals surface area contributed by atoms with Crippen molar-refractivity contribution in [2.24, 2.45) is 5.73 Å². The second-order valence-electron chi connectivity index (χ2n) is 5.25. The number of nitrogens with two attached hydrogens (primary N) is 1. The Labute approximate surface area is 124 Å². The first-order valence-electron chi connectivity index (χ1n) is 7.22. The second-order valence-corrected chi connectivity index (χ2v) is 5.25. The molecule has 2 N–H and O–H groups in total. The Kier molecular flexibility index (Phi) is 3.96. The number of nitrogens with zero attached hydrogens (tertiary/aromatic N) is 5. The summed E-state index contributed by atoms with van der Waals surface area (Å²) < 4.78 is 0. The summed E-state index contributed by atoms with van der Waals surface area (Å²) in [5.41, 5.74) is 7.90. The minimum atomic E-state index is -0.0221. The van der Waals surface area contributed by atoms with Gasteiger partial charge in [0.05, 0.1) is 17.6 Å². The summed E-state index contributed by atoms with van der Waals surface area (Å²) in [7, 11) is 0. The van der Waals surface area contributed by atoms with Crippen molar-refractivity contribution in [3.05, 3.63) is 42.5 Å². The lowest BCUT2D eigenvalue weighted by molar-refractivity contribution is 0.638. The van der Waals surface area contributed by atoms with E-state index in [1.807, 2.05) is 25.3 Å². The molecule has 0 radical (unpaired) electrons. The SMILES string of the molecule is C[C@H](N)c1ccc(N2CCN(c3ncccn3)CC2)cn1. The minimum absolute atomic E-state index is 0.0221. The molecule has 6 heteroatoms. The molecule has 3 rings (SSSR count). The quantitative estimate of drug-likeness (QED) is 0.913. The number of anilines is 2. The van der Waals surface area contributed by atoms with Gasteiger partial charge in [-0.05, 0) is 25.1 Å². The van der Waals surface area contributed by atoms with Crippen LogP contribution in [0.2, 0.25) is 0 Å². The maximum Gasteiger partial charge on any atom is 0.225 e. The highest BCUT2D eigenvalue weighted by molar-refractivity contribution is 5.47. The van der Waals surface area contributed by atoms with Crippen LogP contribution in [0.15, 0.2) is 36.8 Å². The van der Waals surface area contributed by atoms with Crippen molar-refractivity contribution < 1.29 is 0 Å². The van der Waals surface area contributed by atoms with Crippen LogP contribution in [-0.2, 0) is 0 Å². The Bertz CT molecular complexity index is 560.